The van der Waals surface area contributed by atoms with Crippen molar-refractivity contribution in [1.82, 2.24) is 10.2 Å². The Balaban J connectivity index is 2.42. The number of ether oxygens (including phenoxy) is 1. The summed E-state index contributed by atoms with van der Waals surface area (Å²) in [6.45, 7) is 11.2. The molecule has 1 heterocycles. The molecule has 0 radical (unpaired) electrons. The first-order valence-electron chi connectivity index (χ1n) is 6.98. The summed E-state index contributed by atoms with van der Waals surface area (Å²) < 4.78 is 5.20. The highest BCUT2D eigenvalue weighted by Crippen LogP contribution is 2.23. The van der Waals surface area contributed by atoms with E-state index in [9.17, 15) is 14.7 Å². The molecular formula is C13H26N2O4Si. The normalized spacial score (nSPS) is 17.8. The Labute approximate surface area is 121 Å². The summed E-state index contributed by atoms with van der Waals surface area (Å²) >= 11 is 0. The van der Waals surface area contributed by atoms with Crippen molar-refractivity contribution in [2.45, 2.75) is 51.1 Å². The van der Waals surface area contributed by atoms with Crippen molar-refractivity contribution < 1.29 is 19.4 Å². The van der Waals surface area contributed by atoms with Crippen LogP contribution in [-0.4, -0.2) is 61.4 Å². The molecule has 20 heavy (non-hydrogen) atoms. The van der Waals surface area contributed by atoms with Gasteiger partial charge < -0.3 is 14.7 Å². The fourth-order valence-corrected chi connectivity index (χ4v) is 2.83. The highest BCUT2D eigenvalue weighted by Gasteiger charge is 2.52. The van der Waals surface area contributed by atoms with Gasteiger partial charge in [0, 0.05) is 14.1 Å². The summed E-state index contributed by atoms with van der Waals surface area (Å²) in [5.41, 5.74) is -1.02. The summed E-state index contributed by atoms with van der Waals surface area (Å²) in [4.78, 5) is 24.6. The van der Waals surface area contributed by atoms with Crippen molar-refractivity contribution in [3.63, 3.8) is 0 Å². The van der Waals surface area contributed by atoms with Crippen molar-refractivity contribution in [1.29, 1.82) is 0 Å². The number of nitrogens with one attached hydrogen (secondary N) is 1. The molecule has 0 aromatic rings. The number of carboxylic acids is 1. The Morgan fingerprint density at radius 3 is 2.30 bits per heavy atom. The van der Waals surface area contributed by atoms with E-state index in [1.807, 2.05) is 13.8 Å². The molecule has 0 aromatic carbocycles. The second kappa shape index (κ2) is 6.13. The van der Waals surface area contributed by atoms with Gasteiger partial charge in [0.1, 0.15) is 0 Å². The average Bonchev–Trinajstić information content (AvgIpc) is 2.19. The van der Waals surface area contributed by atoms with E-state index >= 15 is 0 Å². The molecule has 0 aliphatic carbocycles. The monoisotopic (exact) mass is 302 g/mol. The fourth-order valence-electron chi connectivity index (χ4n) is 2.11. The van der Waals surface area contributed by atoms with E-state index in [1.54, 1.807) is 0 Å². The Bertz CT molecular complexity index is 373. The highest BCUT2D eigenvalue weighted by molar-refractivity contribution is 6.76. The van der Waals surface area contributed by atoms with Gasteiger partial charge in [-0.25, -0.2) is 4.79 Å². The lowest BCUT2D eigenvalue weighted by Gasteiger charge is -2.47. The highest BCUT2D eigenvalue weighted by atomic mass is 28.3. The zero-order valence-corrected chi connectivity index (χ0v) is 14.0. The van der Waals surface area contributed by atoms with Gasteiger partial charge in [-0.1, -0.05) is 19.6 Å². The molecule has 116 valence electrons. The molecule has 1 fully saturated rings. The minimum absolute atomic E-state index is 0.0520. The molecule has 0 bridgehead atoms. The van der Waals surface area contributed by atoms with Gasteiger partial charge in [-0.3, -0.25) is 10.1 Å². The van der Waals surface area contributed by atoms with Gasteiger partial charge in [-0.15, -0.1) is 0 Å². The third kappa shape index (κ3) is 4.48. The minimum atomic E-state index is -1.22. The molecule has 0 spiro atoms. The smallest absolute Gasteiger partial charge is 0.409 e. The van der Waals surface area contributed by atoms with Crippen LogP contribution in [0.4, 0.5) is 4.79 Å². The lowest BCUT2D eigenvalue weighted by atomic mass is 9.89. The van der Waals surface area contributed by atoms with Crippen LogP contribution in [0.3, 0.4) is 0 Å². The first kappa shape index (κ1) is 17.0. The second-order valence-electron chi connectivity index (χ2n) is 6.97. The van der Waals surface area contributed by atoms with Gasteiger partial charge in [0.15, 0.2) is 5.54 Å². The van der Waals surface area contributed by atoms with Crippen LogP contribution in [0.25, 0.3) is 0 Å². The Hall–Kier alpha value is -1.08. The number of amides is 1. The number of carboxylic acid groups (broad SMARTS) is 1. The van der Waals surface area contributed by atoms with Crippen LogP contribution in [0.5, 0.6) is 0 Å². The quantitative estimate of drug-likeness (QED) is 0.729. The molecule has 7 heteroatoms. The van der Waals surface area contributed by atoms with Crippen LogP contribution >= 0.6 is 0 Å². The topological polar surface area (TPSA) is 78.9 Å². The van der Waals surface area contributed by atoms with Crippen LogP contribution in [0.2, 0.25) is 25.7 Å². The van der Waals surface area contributed by atoms with E-state index in [-0.39, 0.29) is 19.1 Å². The predicted molar refractivity (Wildman–Crippen MR) is 79.7 cm³/mol. The number of carbonyl (C=O) groups is 2. The van der Waals surface area contributed by atoms with E-state index in [0.717, 1.165) is 6.04 Å². The molecule has 6 nitrogen and oxygen atoms in total. The summed E-state index contributed by atoms with van der Waals surface area (Å²) in [6, 6.07) is 0.970. The van der Waals surface area contributed by atoms with E-state index in [4.69, 9.17) is 4.74 Å². The van der Waals surface area contributed by atoms with E-state index in [2.05, 4.69) is 25.0 Å². The van der Waals surface area contributed by atoms with E-state index in [0.29, 0.717) is 6.61 Å². The van der Waals surface area contributed by atoms with Gasteiger partial charge in [0.25, 0.3) is 0 Å². The summed E-state index contributed by atoms with van der Waals surface area (Å²) in [5.74, 6) is -0.919. The zero-order chi connectivity index (χ0) is 15.6. The Morgan fingerprint density at radius 2 is 1.90 bits per heavy atom. The molecular weight excluding hydrogens is 276 g/mol. The number of likely N-dealkylation sites (tertiary alicyclic amines) is 1. The summed E-state index contributed by atoms with van der Waals surface area (Å²) in [7, 11) is -1.22. The zero-order valence-electron chi connectivity index (χ0n) is 13.0. The summed E-state index contributed by atoms with van der Waals surface area (Å²) in [5, 5.41) is 12.3. The molecule has 0 atom stereocenters. The van der Waals surface area contributed by atoms with Crippen LogP contribution in [0.1, 0.15) is 13.8 Å². The molecule has 1 aliphatic heterocycles. The fraction of sp³-hybridized carbons (Fsp3) is 0.846. The van der Waals surface area contributed by atoms with Gasteiger partial charge >= 0.3 is 12.1 Å². The van der Waals surface area contributed by atoms with Gasteiger partial charge in [-0.05, 0) is 19.9 Å². The van der Waals surface area contributed by atoms with E-state index < -0.39 is 25.7 Å². The first-order valence-corrected chi connectivity index (χ1v) is 10.7. The molecule has 0 aromatic heterocycles. The Morgan fingerprint density at radius 1 is 1.35 bits per heavy atom. The lowest BCUT2D eigenvalue weighted by Crippen LogP contribution is -2.75. The van der Waals surface area contributed by atoms with Gasteiger partial charge in [0.2, 0.25) is 0 Å². The molecule has 1 saturated heterocycles. The third-order valence-corrected chi connectivity index (χ3v) is 4.94. The predicted octanol–water partition coefficient (Wildman–Crippen LogP) is 1.60. The molecule has 1 amide bonds. The van der Waals surface area contributed by atoms with Crippen molar-refractivity contribution in [2.75, 3.05) is 19.7 Å². The number of aliphatic carboxylic acids is 1. The molecule has 0 saturated carbocycles. The van der Waals surface area contributed by atoms with Crippen LogP contribution in [-0.2, 0) is 9.53 Å². The van der Waals surface area contributed by atoms with E-state index in [1.165, 1.54) is 4.90 Å². The second-order valence-corrected chi connectivity index (χ2v) is 12.6. The largest absolute Gasteiger partial charge is 0.480 e. The standard InChI is InChI=1S/C13H26N2O4Si/c1-10(2)14-13(11(16)17)8-15(9-13)12(18)19-6-7-20(3,4)5/h10,14H,6-9H2,1-5H3,(H,16,17). The number of hydrogen-bond donors (Lipinski definition) is 2. The van der Waals surface area contributed by atoms with Gasteiger partial charge in [-0.2, -0.15) is 0 Å². The molecule has 0 unspecified atom stereocenters. The number of hydrogen-bond acceptors (Lipinski definition) is 4. The maximum Gasteiger partial charge on any atom is 0.409 e. The molecule has 1 aliphatic rings. The van der Waals surface area contributed by atoms with Crippen LogP contribution < -0.4 is 5.32 Å². The van der Waals surface area contributed by atoms with Crippen molar-refractivity contribution in [2.24, 2.45) is 0 Å². The molecule has 1 rings (SSSR count). The number of rotatable bonds is 6. The average molecular weight is 302 g/mol. The van der Waals surface area contributed by atoms with Crippen molar-refractivity contribution in [3.8, 4) is 0 Å². The third-order valence-electron chi connectivity index (χ3n) is 3.23. The summed E-state index contributed by atoms with van der Waals surface area (Å²) in [6.07, 6.45) is -0.411. The van der Waals surface area contributed by atoms with Crippen LogP contribution in [0, 0.1) is 0 Å². The number of nitrogens with zero attached hydrogens (tertiary/aromatic N) is 1. The van der Waals surface area contributed by atoms with Crippen molar-refractivity contribution >= 4 is 20.1 Å². The minimum Gasteiger partial charge on any atom is -0.480 e. The Kier molecular flexibility index (Phi) is 5.20. The number of carbonyl (C=O) groups excluding carboxylic acids is 1. The van der Waals surface area contributed by atoms with Crippen LogP contribution in [0.15, 0.2) is 0 Å². The maximum absolute atomic E-state index is 11.8. The maximum atomic E-state index is 11.8. The SMILES string of the molecule is CC(C)NC1(C(=O)O)CN(C(=O)OCC[Si](C)(C)C)C1. The lowest BCUT2D eigenvalue weighted by molar-refractivity contribution is -0.152. The van der Waals surface area contributed by atoms with Crippen molar-refractivity contribution in [3.05, 3.63) is 0 Å². The first-order chi connectivity index (χ1) is 9.06. The molecule has 2 N–H and O–H groups in total. The van der Waals surface area contributed by atoms with Gasteiger partial charge in [0.05, 0.1) is 19.7 Å².